The smallest absolute Gasteiger partial charge is 0.321 e. The number of ether oxygens (including phenoxy) is 1. The molecule has 0 saturated heterocycles. The lowest BCUT2D eigenvalue weighted by Crippen LogP contribution is -2.52. The fourth-order valence-corrected chi connectivity index (χ4v) is 3.37. The molecule has 0 radical (unpaired) electrons. The Labute approximate surface area is 186 Å². The lowest BCUT2D eigenvalue weighted by Gasteiger charge is -2.28. The molecule has 32 heavy (non-hydrogen) atoms. The average Bonchev–Trinajstić information content (AvgIpc) is 2.71. The molecule has 0 saturated carbocycles. The Bertz CT molecular complexity index is 1030. The molecule has 0 aliphatic heterocycles. The van der Waals surface area contributed by atoms with E-state index in [-0.39, 0.29) is 11.6 Å². The van der Waals surface area contributed by atoms with Gasteiger partial charge in [-0.15, -0.1) is 0 Å². The zero-order valence-electron chi connectivity index (χ0n) is 18.7. The summed E-state index contributed by atoms with van der Waals surface area (Å²) in [7, 11) is -1.13. The van der Waals surface area contributed by atoms with Crippen LogP contribution in [0.1, 0.15) is 27.7 Å². The van der Waals surface area contributed by atoms with E-state index in [1.54, 1.807) is 27.9 Å². The number of nitrogens with one attached hydrogen (secondary N) is 2. The van der Waals surface area contributed by atoms with Gasteiger partial charge in [0.15, 0.2) is 6.10 Å². The largest absolute Gasteiger partial charge is 0.452 e. The predicted octanol–water partition coefficient (Wildman–Crippen LogP) is 0.925. The van der Waals surface area contributed by atoms with Crippen LogP contribution in [0.4, 0.5) is 11.4 Å². The highest BCUT2D eigenvalue weighted by molar-refractivity contribution is 7.89. The maximum atomic E-state index is 12.4. The Balaban J connectivity index is 2.84. The van der Waals surface area contributed by atoms with E-state index in [9.17, 15) is 33.4 Å². The van der Waals surface area contributed by atoms with Crippen molar-refractivity contribution in [1.82, 2.24) is 10.0 Å². The van der Waals surface area contributed by atoms with Crippen LogP contribution < -0.4 is 14.9 Å². The van der Waals surface area contributed by atoms with Crippen LogP contribution >= 0.6 is 0 Å². The predicted molar refractivity (Wildman–Crippen MR) is 115 cm³/mol. The molecule has 0 aliphatic carbocycles. The van der Waals surface area contributed by atoms with E-state index in [2.05, 4.69) is 5.32 Å². The second-order valence-electron chi connectivity index (χ2n) is 7.72. The monoisotopic (exact) mass is 469 g/mol. The normalized spacial score (nSPS) is 14.1. The first-order valence-corrected chi connectivity index (χ1v) is 11.0. The third-order valence-electron chi connectivity index (χ3n) is 4.79. The maximum absolute atomic E-state index is 12.4. The summed E-state index contributed by atoms with van der Waals surface area (Å²) >= 11 is 0. The van der Waals surface area contributed by atoms with Gasteiger partial charge in [-0.05, 0) is 31.9 Å². The summed E-state index contributed by atoms with van der Waals surface area (Å²) in [6.45, 7) is 5.49. The molecule has 2 atom stereocenters. The molecule has 2 N–H and O–H groups in total. The van der Waals surface area contributed by atoms with Gasteiger partial charge in [-0.3, -0.25) is 19.7 Å². The van der Waals surface area contributed by atoms with Crippen LogP contribution in [0.3, 0.4) is 0 Å². The molecule has 13 heteroatoms. The number of nitrogens with zero attached hydrogens (tertiary/aromatic N) is 3. The maximum Gasteiger partial charge on any atom is 0.321 e. The van der Waals surface area contributed by atoms with Crippen LogP contribution in [0.5, 0.6) is 0 Å². The Morgan fingerprint density at radius 2 is 1.91 bits per heavy atom. The minimum absolute atomic E-state index is 0.207. The summed E-state index contributed by atoms with van der Waals surface area (Å²) in [5.41, 5.74) is -1.39. The molecule has 1 aromatic rings. The first kappa shape index (κ1) is 26.8. The summed E-state index contributed by atoms with van der Waals surface area (Å²) in [4.78, 5) is 35.8. The minimum atomic E-state index is -4.27. The highest BCUT2D eigenvalue weighted by Gasteiger charge is 2.32. The van der Waals surface area contributed by atoms with Crippen molar-refractivity contribution in [1.29, 1.82) is 5.26 Å². The fourth-order valence-electron chi connectivity index (χ4n) is 2.38. The van der Waals surface area contributed by atoms with E-state index in [1.807, 2.05) is 10.8 Å². The highest BCUT2D eigenvalue weighted by Crippen LogP contribution is 2.29. The Morgan fingerprint density at radius 3 is 2.38 bits per heavy atom. The average molecular weight is 470 g/mol. The topological polar surface area (TPSA) is 172 Å². The van der Waals surface area contributed by atoms with Gasteiger partial charge in [0, 0.05) is 20.2 Å². The van der Waals surface area contributed by atoms with Crippen molar-refractivity contribution in [2.24, 2.45) is 5.92 Å². The van der Waals surface area contributed by atoms with Gasteiger partial charge in [0.2, 0.25) is 10.0 Å². The lowest BCUT2D eigenvalue weighted by molar-refractivity contribution is -0.384. The van der Waals surface area contributed by atoms with Gasteiger partial charge in [-0.2, -0.15) is 9.98 Å². The quantitative estimate of drug-likeness (QED) is 0.287. The van der Waals surface area contributed by atoms with Gasteiger partial charge in [0.1, 0.15) is 17.8 Å². The molecule has 0 aromatic heterocycles. The highest BCUT2D eigenvalue weighted by atomic mass is 32.2. The zero-order valence-corrected chi connectivity index (χ0v) is 19.5. The van der Waals surface area contributed by atoms with Crippen LogP contribution in [0.15, 0.2) is 23.1 Å². The van der Waals surface area contributed by atoms with E-state index in [1.165, 1.54) is 30.9 Å². The summed E-state index contributed by atoms with van der Waals surface area (Å²) in [6.07, 6.45) is -1.28. The van der Waals surface area contributed by atoms with E-state index in [0.29, 0.717) is 0 Å². The minimum Gasteiger partial charge on any atom is -0.452 e. The molecule has 12 nitrogen and oxygen atoms in total. The molecule has 0 fully saturated rings. The molecule has 0 spiro atoms. The molecular weight excluding hydrogens is 442 g/mol. The van der Waals surface area contributed by atoms with Gasteiger partial charge in [0.25, 0.3) is 11.6 Å². The van der Waals surface area contributed by atoms with Gasteiger partial charge >= 0.3 is 5.97 Å². The number of nitro benzene ring substituents is 1. The number of esters is 1. The third-order valence-corrected chi connectivity index (χ3v) is 6.19. The number of anilines is 1. The van der Waals surface area contributed by atoms with Gasteiger partial charge in [-0.25, -0.2) is 8.42 Å². The van der Waals surface area contributed by atoms with Crippen molar-refractivity contribution in [2.45, 2.75) is 44.2 Å². The first-order valence-electron chi connectivity index (χ1n) is 9.52. The van der Waals surface area contributed by atoms with E-state index >= 15 is 0 Å². The number of carbonyl (C=O) groups is 2. The van der Waals surface area contributed by atoms with Gasteiger partial charge < -0.3 is 15.0 Å². The molecule has 0 bridgehead atoms. The van der Waals surface area contributed by atoms with Gasteiger partial charge in [0.05, 0.1) is 15.9 Å². The molecule has 1 aromatic carbocycles. The fraction of sp³-hybridized carbons (Fsp3) is 0.526. The Hall–Kier alpha value is -3.24. The Kier molecular flexibility index (Phi) is 8.69. The molecule has 1 rings (SSSR count). The molecular formula is C19H27N5O7S. The van der Waals surface area contributed by atoms with Crippen molar-refractivity contribution in [2.75, 3.05) is 25.5 Å². The second-order valence-corrected chi connectivity index (χ2v) is 9.48. The molecule has 2 unspecified atom stereocenters. The van der Waals surface area contributed by atoms with E-state index < -0.39 is 55.6 Å². The van der Waals surface area contributed by atoms with Crippen LogP contribution in [0.2, 0.25) is 0 Å². The third kappa shape index (κ3) is 6.63. The van der Waals surface area contributed by atoms with E-state index in [0.717, 1.165) is 6.07 Å². The number of hydrogen-bond acceptors (Lipinski definition) is 9. The SMILES string of the molecule is CC(OC(=O)CNS(=O)(=O)c1ccc(N(C)C)c([N+](=O)[O-])c1)C(=O)NC(C)(C#N)C(C)C. The summed E-state index contributed by atoms with van der Waals surface area (Å²) < 4.78 is 31.8. The number of nitriles is 1. The number of amides is 1. The number of hydrogen-bond donors (Lipinski definition) is 2. The Morgan fingerprint density at radius 1 is 1.31 bits per heavy atom. The second kappa shape index (κ2) is 10.4. The molecule has 176 valence electrons. The zero-order chi connectivity index (χ0) is 24.9. The van der Waals surface area contributed by atoms with Crippen LogP contribution in [0.25, 0.3) is 0 Å². The molecule has 0 heterocycles. The van der Waals surface area contributed by atoms with E-state index in [4.69, 9.17) is 4.74 Å². The molecule has 0 aliphatic rings. The summed E-state index contributed by atoms with van der Waals surface area (Å²) in [6, 6.07) is 5.31. The number of benzene rings is 1. The van der Waals surface area contributed by atoms with Crippen LogP contribution in [0, 0.1) is 27.4 Å². The number of nitro groups is 1. The number of carbonyl (C=O) groups excluding carboxylic acids is 2. The standard InChI is InChI=1S/C19H27N5O7S/c1-12(2)19(4,11-20)22-18(26)13(3)31-17(25)10-21-32(29,30)14-7-8-15(23(5)6)16(9-14)24(27)28/h7-9,12-13,21H,10H2,1-6H3,(H,22,26). The molecule has 1 amide bonds. The number of sulfonamides is 1. The summed E-state index contributed by atoms with van der Waals surface area (Å²) in [5.74, 6) is -1.97. The lowest BCUT2D eigenvalue weighted by atomic mass is 9.90. The summed E-state index contributed by atoms with van der Waals surface area (Å²) in [5, 5.41) is 23.0. The van der Waals surface area contributed by atoms with Crippen molar-refractivity contribution >= 4 is 33.3 Å². The number of rotatable bonds is 10. The first-order chi connectivity index (χ1) is 14.6. The van der Waals surface area contributed by atoms with Crippen LogP contribution in [-0.2, 0) is 24.3 Å². The van der Waals surface area contributed by atoms with Crippen molar-refractivity contribution in [3.8, 4) is 6.07 Å². The van der Waals surface area contributed by atoms with Crippen molar-refractivity contribution < 1.29 is 27.7 Å². The van der Waals surface area contributed by atoms with Gasteiger partial charge in [-0.1, -0.05) is 13.8 Å². The van der Waals surface area contributed by atoms with Crippen molar-refractivity contribution in [3.05, 3.63) is 28.3 Å². The van der Waals surface area contributed by atoms with Crippen molar-refractivity contribution in [3.63, 3.8) is 0 Å². The van der Waals surface area contributed by atoms with Crippen LogP contribution in [-0.4, -0.2) is 57.5 Å².